The van der Waals surface area contributed by atoms with Gasteiger partial charge in [-0.2, -0.15) is 0 Å². The maximum Gasteiger partial charge on any atom is 0.407 e. The quantitative estimate of drug-likeness (QED) is 0.690. The molecular formula is C19H31N3O5S. The maximum absolute atomic E-state index is 11.9. The molecule has 2 heterocycles. The van der Waals surface area contributed by atoms with Crippen molar-refractivity contribution in [3.05, 3.63) is 16.1 Å². The van der Waals surface area contributed by atoms with Gasteiger partial charge in [-0.25, -0.2) is 14.6 Å². The molecule has 0 aromatic carbocycles. The molecule has 1 aromatic heterocycles. The van der Waals surface area contributed by atoms with E-state index in [0.29, 0.717) is 19.7 Å². The summed E-state index contributed by atoms with van der Waals surface area (Å²) >= 11 is 1.53. The minimum Gasteiger partial charge on any atom is -0.465 e. The summed E-state index contributed by atoms with van der Waals surface area (Å²) in [4.78, 5) is 29.3. The predicted octanol–water partition coefficient (Wildman–Crippen LogP) is 3.67. The number of carboxylic acid groups (broad SMARTS) is 1. The average molecular weight is 414 g/mol. The number of methoxy groups -OCH3 is 1. The lowest BCUT2D eigenvalue weighted by molar-refractivity contribution is -0.0644. The number of piperidine rings is 1. The van der Waals surface area contributed by atoms with Gasteiger partial charge in [0.2, 0.25) is 0 Å². The highest BCUT2D eigenvalue weighted by Gasteiger charge is 2.46. The Morgan fingerprint density at radius 1 is 1.46 bits per heavy atom. The Kier molecular flexibility index (Phi) is 7.65. The Labute approximate surface area is 170 Å². The topological polar surface area (TPSA) is 101 Å². The van der Waals surface area contributed by atoms with Crippen molar-refractivity contribution in [2.24, 2.45) is 11.3 Å². The molecule has 1 aliphatic rings. The number of rotatable bonds is 6. The van der Waals surface area contributed by atoms with E-state index in [0.717, 1.165) is 23.5 Å². The summed E-state index contributed by atoms with van der Waals surface area (Å²) in [6, 6.07) is -0.193. The first-order chi connectivity index (χ1) is 13.1. The smallest absolute Gasteiger partial charge is 0.407 e. The first-order valence-corrected chi connectivity index (χ1v) is 10.4. The van der Waals surface area contributed by atoms with E-state index in [1.54, 1.807) is 4.90 Å². The van der Waals surface area contributed by atoms with Gasteiger partial charge in [-0.05, 0) is 25.2 Å². The number of carbonyl (C=O) groups is 2. The van der Waals surface area contributed by atoms with Gasteiger partial charge in [0, 0.05) is 36.1 Å². The summed E-state index contributed by atoms with van der Waals surface area (Å²) in [5, 5.41) is 15.2. The number of alkyl carbamates (subject to hydrolysis) is 1. The van der Waals surface area contributed by atoms with Crippen molar-refractivity contribution in [2.75, 3.05) is 26.8 Å². The number of ether oxygens (including phenoxy) is 2. The van der Waals surface area contributed by atoms with Crippen LogP contribution in [0, 0.1) is 18.3 Å². The van der Waals surface area contributed by atoms with Crippen LogP contribution in [0.15, 0.2) is 5.38 Å². The first-order valence-electron chi connectivity index (χ1n) is 9.50. The van der Waals surface area contributed by atoms with Crippen LogP contribution < -0.4 is 5.32 Å². The zero-order valence-corrected chi connectivity index (χ0v) is 18.0. The van der Waals surface area contributed by atoms with Crippen LogP contribution in [-0.4, -0.2) is 60.0 Å². The molecule has 0 radical (unpaired) electrons. The Morgan fingerprint density at radius 2 is 2.18 bits per heavy atom. The highest BCUT2D eigenvalue weighted by atomic mass is 32.1. The van der Waals surface area contributed by atoms with E-state index in [2.05, 4.69) is 35.8 Å². The molecule has 2 unspecified atom stereocenters. The van der Waals surface area contributed by atoms with Crippen molar-refractivity contribution < 1.29 is 24.2 Å². The number of aryl methyl sites for hydroxylation is 1. The largest absolute Gasteiger partial charge is 0.465 e. The molecule has 1 aromatic rings. The number of nitrogens with one attached hydrogen (secondary N) is 1. The third kappa shape index (κ3) is 5.57. The van der Waals surface area contributed by atoms with Crippen LogP contribution in [0.1, 0.15) is 50.4 Å². The molecule has 1 aliphatic heterocycles. The number of hydrogen-bond acceptors (Lipinski definition) is 6. The molecule has 2 rings (SSSR count). The summed E-state index contributed by atoms with van der Waals surface area (Å²) in [5.41, 5.74) is 0.668. The molecule has 9 heteroatoms. The summed E-state index contributed by atoms with van der Waals surface area (Å²) < 4.78 is 10.8. The summed E-state index contributed by atoms with van der Waals surface area (Å²) in [7, 11) is 1.31. The maximum atomic E-state index is 11.9. The molecule has 0 bridgehead atoms. The molecule has 1 saturated heterocycles. The number of hydrogen-bond donors (Lipinski definition) is 2. The van der Waals surface area contributed by atoms with E-state index in [9.17, 15) is 14.7 Å². The van der Waals surface area contributed by atoms with Gasteiger partial charge >= 0.3 is 12.2 Å². The van der Waals surface area contributed by atoms with Crippen molar-refractivity contribution in [1.29, 1.82) is 0 Å². The molecule has 3 atom stereocenters. The standard InChI is InChI=1S/C19H31N3O5S/c1-12-11-28-16(21-12)14(27-10-8-20-17(23)26-5)13-7-6-9-22(18(24)25)15(13)19(2,3)4/h11,13-15H,6-10H2,1-5H3,(H,20,23)(H,24,25)/t13-,14?,15?/m0/s1. The van der Waals surface area contributed by atoms with Crippen molar-refractivity contribution in [3.63, 3.8) is 0 Å². The van der Waals surface area contributed by atoms with E-state index in [-0.39, 0.29) is 23.5 Å². The van der Waals surface area contributed by atoms with Crippen molar-refractivity contribution in [3.8, 4) is 0 Å². The molecule has 2 N–H and O–H groups in total. The number of carbonyl (C=O) groups excluding carboxylic acids is 1. The predicted molar refractivity (Wildman–Crippen MR) is 107 cm³/mol. The van der Waals surface area contributed by atoms with E-state index in [1.165, 1.54) is 18.4 Å². The van der Waals surface area contributed by atoms with Gasteiger partial charge in [0.15, 0.2) is 0 Å². The number of nitrogens with zero attached hydrogens (tertiary/aromatic N) is 2. The molecule has 0 saturated carbocycles. The molecular weight excluding hydrogens is 382 g/mol. The third-order valence-electron chi connectivity index (χ3n) is 4.93. The Bertz CT molecular complexity index is 673. The molecule has 0 spiro atoms. The van der Waals surface area contributed by atoms with E-state index in [4.69, 9.17) is 4.74 Å². The fourth-order valence-corrected chi connectivity index (χ4v) is 4.88. The van der Waals surface area contributed by atoms with Gasteiger partial charge in [0.05, 0.1) is 13.7 Å². The van der Waals surface area contributed by atoms with Gasteiger partial charge in [0.1, 0.15) is 11.1 Å². The number of aromatic nitrogens is 1. The summed E-state index contributed by atoms with van der Waals surface area (Å²) in [5.74, 6) is -0.0199. The highest BCUT2D eigenvalue weighted by Crippen LogP contribution is 2.44. The van der Waals surface area contributed by atoms with Crippen LogP contribution in [0.5, 0.6) is 0 Å². The van der Waals surface area contributed by atoms with Crippen LogP contribution in [0.4, 0.5) is 9.59 Å². The summed E-state index contributed by atoms with van der Waals surface area (Å²) in [6.07, 6.45) is -0.0868. The Morgan fingerprint density at radius 3 is 2.71 bits per heavy atom. The lowest BCUT2D eigenvalue weighted by atomic mass is 9.72. The number of likely N-dealkylation sites (tertiary alicyclic amines) is 1. The van der Waals surface area contributed by atoms with E-state index >= 15 is 0 Å². The SMILES string of the molecule is COC(=O)NCCOC(c1nc(C)cs1)[C@@H]1CCCN(C(=O)O)C1C(C)(C)C. The molecule has 1 fully saturated rings. The number of thiazole rings is 1. The minimum atomic E-state index is -0.897. The van der Waals surface area contributed by atoms with Gasteiger partial charge in [-0.15, -0.1) is 11.3 Å². The van der Waals surface area contributed by atoms with Crippen LogP contribution in [-0.2, 0) is 9.47 Å². The zero-order valence-electron chi connectivity index (χ0n) is 17.2. The Balaban J connectivity index is 2.26. The Hall–Kier alpha value is -1.87. The fourth-order valence-electron chi connectivity index (χ4n) is 3.96. The zero-order chi connectivity index (χ0) is 20.9. The van der Waals surface area contributed by atoms with Gasteiger partial charge in [0.25, 0.3) is 0 Å². The fraction of sp³-hybridized carbons (Fsp3) is 0.737. The molecule has 158 valence electrons. The highest BCUT2D eigenvalue weighted by molar-refractivity contribution is 7.09. The van der Waals surface area contributed by atoms with E-state index < -0.39 is 12.2 Å². The first kappa shape index (κ1) is 22.4. The van der Waals surface area contributed by atoms with E-state index in [1.807, 2.05) is 12.3 Å². The average Bonchev–Trinajstić information content (AvgIpc) is 3.06. The minimum absolute atomic E-state index is 0.0199. The molecule has 2 amide bonds. The lowest BCUT2D eigenvalue weighted by Gasteiger charge is -2.48. The van der Waals surface area contributed by atoms with Crippen LogP contribution in [0.3, 0.4) is 0 Å². The summed E-state index contributed by atoms with van der Waals surface area (Å²) in [6.45, 7) is 9.25. The second-order valence-electron chi connectivity index (χ2n) is 8.13. The van der Waals surface area contributed by atoms with Crippen molar-refractivity contribution >= 4 is 23.5 Å². The number of amides is 2. The normalized spacial score (nSPS) is 21.2. The monoisotopic (exact) mass is 413 g/mol. The van der Waals surface area contributed by atoms with Crippen molar-refractivity contribution in [1.82, 2.24) is 15.2 Å². The van der Waals surface area contributed by atoms with Gasteiger partial charge < -0.3 is 24.8 Å². The molecule has 0 aliphatic carbocycles. The lowest BCUT2D eigenvalue weighted by Crippen LogP contribution is -2.55. The van der Waals surface area contributed by atoms with Gasteiger partial charge in [-0.3, -0.25) is 0 Å². The van der Waals surface area contributed by atoms with Crippen LogP contribution in [0.25, 0.3) is 0 Å². The second-order valence-corrected chi connectivity index (χ2v) is 9.02. The second kappa shape index (κ2) is 9.56. The third-order valence-corrected chi connectivity index (χ3v) is 5.96. The molecule has 28 heavy (non-hydrogen) atoms. The van der Waals surface area contributed by atoms with Gasteiger partial charge in [-0.1, -0.05) is 20.8 Å². The van der Waals surface area contributed by atoms with Crippen LogP contribution >= 0.6 is 11.3 Å². The molecule has 8 nitrogen and oxygen atoms in total. The van der Waals surface area contributed by atoms with Crippen molar-refractivity contribution in [2.45, 2.75) is 52.7 Å². The van der Waals surface area contributed by atoms with Crippen LogP contribution in [0.2, 0.25) is 0 Å².